The molecule has 1 aliphatic heterocycles. The van der Waals surface area contributed by atoms with Crippen LogP contribution in [0.4, 0.5) is 0 Å². The first-order valence-corrected chi connectivity index (χ1v) is 9.57. The second-order valence-corrected chi connectivity index (χ2v) is 7.99. The molecule has 1 heterocycles. The number of rotatable bonds is 6. The van der Waals surface area contributed by atoms with Crippen LogP contribution < -0.4 is 14.8 Å². The maximum atomic E-state index is 13.1. The van der Waals surface area contributed by atoms with E-state index in [0.29, 0.717) is 28.9 Å². The molecule has 2 rings (SSSR count). The van der Waals surface area contributed by atoms with E-state index in [2.05, 4.69) is 19.2 Å². The highest BCUT2D eigenvalue weighted by Gasteiger charge is 2.33. The van der Waals surface area contributed by atoms with Crippen LogP contribution in [0.3, 0.4) is 0 Å². The summed E-state index contributed by atoms with van der Waals surface area (Å²) in [4.78, 5) is 27.8. The minimum Gasteiger partial charge on any atom is -0.497 e. The fourth-order valence-electron chi connectivity index (χ4n) is 3.72. The van der Waals surface area contributed by atoms with Gasteiger partial charge in [0.05, 0.1) is 14.2 Å². The Morgan fingerprint density at radius 2 is 1.56 bits per heavy atom. The summed E-state index contributed by atoms with van der Waals surface area (Å²) >= 11 is 0. The van der Waals surface area contributed by atoms with Crippen molar-refractivity contribution in [1.29, 1.82) is 0 Å². The minimum absolute atomic E-state index is 0.00777. The Morgan fingerprint density at radius 1 is 1.04 bits per heavy atom. The summed E-state index contributed by atoms with van der Waals surface area (Å²) in [6, 6.07) is 4.43. The Balaban J connectivity index is 2.18. The molecule has 2 unspecified atom stereocenters. The van der Waals surface area contributed by atoms with Crippen LogP contribution in [0, 0.1) is 17.8 Å². The monoisotopic (exact) mass is 376 g/mol. The number of carbonyl (C=O) groups excluding carboxylic acids is 2. The van der Waals surface area contributed by atoms with Gasteiger partial charge in [0.1, 0.15) is 17.5 Å². The highest BCUT2D eigenvalue weighted by molar-refractivity contribution is 5.98. The van der Waals surface area contributed by atoms with Crippen LogP contribution in [0.1, 0.15) is 44.5 Å². The molecule has 1 aromatic carbocycles. The molecule has 1 fully saturated rings. The average molecular weight is 376 g/mol. The summed E-state index contributed by atoms with van der Waals surface area (Å²) in [6.07, 6.45) is 1.13. The molecular weight excluding hydrogens is 344 g/mol. The predicted octanol–water partition coefficient (Wildman–Crippen LogP) is 2.96. The van der Waals surface area contributed by atoms with Crippen molar-refractivity contribution in [1.82, 2.24) is 10.2 Å². The lowest BCUT2D eigenvalue weighted by Crippen LogP contribution is -2.54. The van der Waals surface area contributed by atoms with Gasteiger partial charge >= 0.3 is 0 Å². The summed E-state index contributed by atoms with van der Waals surface area (Å²) in [5.41, 5.74) is 0.407. The molecule has 1 aromatic rings. The van der Waals surface area contributed by atoms with Gasteiger partial charge in [0.15, 0.2) is 0 Å². The van der Waals surface area contributed by atoms with Gasteiger partial charge in [-0.25, -0.2) is 0 Å². The van der Waals surface area contributed by atoms with Gasteiger partial charge in [-0.2, -0.15) is 0 Å². The van der Waals surface area contributed by atoms with Gasteiger partial charge in [0.2, 0.25) is 5.91 Å². The van der Waals surface area contributed by atoms with Crippen LogP contribution in [0.2, 0.25) is 0 Å². The van der Waals surface area contributed by atoms with E-state index in [4.69, 9.17) is 9.47 Å². The number of hydrogen-bond acceptors (Lipinski definition) is 4. The fraction of sp³-hybridized carbons (Fsp3) is 0.619. The topological polar surface area (TPSA) is 67.9 Å². The Hall–Kier alpha value is -2.24. The molecule has 27 heavy (non-hydrogen) atoms. The molecule has 0 saturated carbocycles. The van der Waals surface area contributed by atoms with Crippen LogP contribution >= 0.6 is 0 Å². The lowest BCUT2D eigenvalue weighted by molar-refractivity contribution is -0.137. The third kappa shape index (κ3) is 5.37. The molecule has 2 amide bonds. The Labute approximate surface area is 162 Å². The SMILES string of the molecule is COc1cc(OC)cc(C(=O)N[C@@H](C(=O)N2CC(C)CC(C)C2)C(C)C)c1. The Bertz CT molecular complexity index is 642. The molecule has 1 N–H and O–H groups in total. The zero-order valence-electron chi connectivity index (χ0n) is 17.2. The number of amides is 2. The number of hydrogen-bond donors (Lipinski definition) is 1. The first kappa shape index (κ1) is 21.1. The van der Waals surface area contributed by atoms with E-state index < -0.39 is 6.04 Å². The second kappa shape index (κ2) is 9.11. The van der Waals surface area contributed by atoms with Crippen molar-refractivity contribution < 1.29 is 19.1 Å². The highest BCUT2D eigenvalue weighted by Crippen LogP contribution is 2.24. The number of nitrogens with zero attached hydrogens (tertiary/aromatic N) is 1. The number of ether oxygens (including phenoxy) is 2. The zero-order valence-corrected chi connectivity index (χ0v) is 17.2. The van der Waals surface area contributed by atoms with Crippen LogP contribution in [0.25, 0.3) is 0 Å². The van der Waals surface area contributed by atoms with Crippen LogP contribution in [0.5, 0.6) is 11.5 Å². The fourth-order valence-corrected chi connectivity index (χ4v) is 3.72. The summed E-state index contributed by atoms with van der Waals surface area (Å²) < 4.78 is 10.5. The maximum absolute atomic E-state index is 13.1. The van der Waals surface area contributed by atoms with Gasteiger partial charge in [-0.05, 0) is 36.3 Å². The molecule has 150 valence electrons. The molecule has 0 spiro atoms. The van der Waals surface area contributed by atoms with Gasteiger partial charge in [0, 0.05) is 24.7 Å². The van der Waals surface area contributed by atoms with Crippen molar-refractivity contribution >= 4 is 11.8 Å². The number of likely N-dealkylation sites (tertiary alicyclic amines) is 1. The molecule has 1 saturated heterocycles. The van der Waals surface area contributed by atoms with Crippen molar-refractivity contribution in [2.45, 2.75) is 40.2 Å². The highest BCUT2D eigenvalue weighted by atomic mass is 16.5. The van der Waals surface area contributed by atoms with Gasteiger partial charge in [-0.3, -0.25) is 9.59 Å². The van der Waals surface area contributed by atoms with Crippen molar-refractivity contribution in [2.75, 3.05) is 27.3 Å². The molecule has 1 aliphatic rings. The molecule has 0 radical (unpaired) electrons. The lowest BCUT2D eigenvalue weighted by Gasteiger charge is -2.37. The summed E-state index contributed by atoms with van der Waals surface area (Å²) in [6.45, 7) is 9.73. The summed E-state index contributed by atoms with van der Waals surface area (Å²) in [5.74, 6) is 1.69. The van der Waals surface area contributed by atoms with Gasteiger partial charge in [-0.15, -0.1) is 0 Å². The number of carbonyl (C=O) groups is 2. The predicted molar refractivity (Wildman–Crippen MR) is 105 cm³/mol. The van der Waals surface area contributed by atoms with Gasteiger partial charge < -0.3 is 19.7 Å². The number of piperidine rings is 1. The van der Waals surface area contributed by atoms with E-state index in [1.54, 1.807) is 18.2 Å². The van der Waals surface area contributed by atoms with Gasteiger partial charge in [0.25, 0.3) is 5.91 Å². The van der Waals surface area contributed by atoms with Crippen LogP contribution in [-0.4, -0.2) is 50.1 Å². The first-order chi connectivity index (χ1) is 12.7. The largest absolute Gasteiger partial charge is 0.497 e. The number of methoxy groups -OCH3 is 2. The van der Waals surface area contributed by atoms with Gasteiger partial charge in [-0.1, -0.05) is 27.7 Å². The maximum Gasteiger partial charge on any atom is 0.252 e. The zero-order chi connectivity index (χ0) is 20.1. The van der Waals surface area contributed by atoms with E-state index in [1.807, 2.05) is 18.7 Å². The normalized spacial score (nSPS) is 20.9. The Morgan fingerprint density at radius 3 is 2.00 bits per heavy atom. The lowest BCUT2D eigenvalue weighted by atomic mass is 9.90. The molecule has 0 bridgehead atoms. The summed E-state index contributed by atoms with van der Waals surface area (Å²) in [5, 5.41) is 2.92. The minimum atomic E-state index is -0.563. The molecule has 3 atom stereocenters. The second-order valence-electron chi connectivity index (χ2n) is 7.99. The molecule has 6 nitrogen and oxygen atoms in total. The van der Waals surface area contributed by atoms with E-state index >= 15 is 0 Å². The quantitative estimate of drug-likeness (QED) is 0.829. The molecule has 0 aromatic heterocycles. The third-order valence-corrected chi connectivity index (χ3v) is 5.01. The van der Waals surface area contributed by atoms with E-state index in [1.165, 1.54) is 14.2 Å². The van der Waals surface area contributed by atoms with Crippen molar-refractivity contribution in [3.63, 3.8) is 0 Å². The number of benzene rings is 1. The van der Waals surface area contributed by atoms with Crippen molar-refractivity contribution in [3.05, 3.63) is 23.8 Å². The van der Waals surface area contributed by atoms with E-state index in [0.717, 1.165) is 19.5 Å². The Kier molecular flexibility index (Phi) is 7.11. The standard InChI is InChI=1S/C21H32N2O4/c1-13(2)19(21(25)23-11-14(3)7-15(4)12-23)22-20(24)16-8-17(26-5)10-18(9-16)27-6/h8-10,13-15,19H,7,11-12H2,1-6H3,(H,22,24)/t14?,15?,19-/m1/s1. The van der Waals surface area contributed by atoms with E-state index in [-0.39, 0.29) is 17.7 Å². The smallest absolute Gasteiger partial charge is 0.252 e. The number of nitrogens with one attached hydrogen (secondary N) is 1. The first-order valence-electron chi connectivity index (χ1n) is 9.57. The van der Waals surface area contributed by atoms with Crippen LogP contribution in [-0.2, 0) is 4.79 Å². The third-order valence-electron chi connectivity index (χ3n) is 5.01. The van der Waals surface area contributed by atoms with Crippen molar-refractivity contribution in [2.24, 2.45) is 17.8 Å². The van der Waals surface area contributed by atoms with E-state index in [9.17, 15) is 9.59 Å². The van der Waals surface area contributed by atoms with Crippen molar-refractivity contribution in [3.8, 4) is 11.5 Å². The average Bonchev–Trinajstić information content (AvgIpc) is 2.63. The molecular formula is C21H32N2O4. The molecule has 0 aliphatic carbocycles. The van der Waals surface area contributed by atoms with Crippen LogP contribution in [0.15, 0.2) is 18.2 Å². The molecule has 6 heteroatoms. The summed E-state index contributed by atoms with van der Waals surface area (Å²) in [7, 11) is 3.07.